The van der Waals surface area contributed by atoms with Crippen LogP contribution in [0.25, 0.3) is 0 Å². The molecule has 142 valence electrons. The predicted molar refractivity (Wildman–Crippen MR) is 102 cm³/mol. The lowest BCUT2D eigenvalue weighted by molar-refractivity contribution is -0.144. The van der Waals surface area contributed by atoms with Gasteiger partial charge in [-0.3, -0.25) is 9.59 Å². The maximum atomic E-state index is 13.2. The van der Waals surface area contributed by atoms with Crippen LogP contribution < -0.4 is 11.1 Å². The van der Waals surface area contributed by atoms with E-state index in [-0.39, 0.29) is 34.0 Å². The Balaban J connectivity index is 1.85. The fourth-order valence-corrected chi connectivity index (χ4v) is 7.12. The van der Waals surface area contributed by atoms with Gasteiger partial charge >= 0.3 is 0 Å². The van der Waals surface area contributed by atoms with Crippen LogP contribution >= 0.6 is 11.8 Å². The van der Waals surface area contributed by atoms with Gasteiger partial charge in [0.2, 0.25) is 11.8 Å². The minimum Gasteiger partial charge on any atom is -0.352 e. The van der Waals surface area contributed by atoms with Crippen molar-refractivity contribution in [3.63, 3.8) is 0 Å². The van der Waals surface area contributed by atoms with Crippen molar-refractivity contribution in [2.45, 2.75) is 99.8 Å². The largest absolute Gasteiger partial charge is 0.352 e. The first-order chi connectivity index (χ1) is 11.9. The third kappa shape index (κ3) is 3.70. The number of nitrogens with two attached hydrogens (primary N) is 1. The molecule has 2 aliphatic carbocycles. The zero-order valence-corrected chi connectivity index (χ0v) is 16.5. The van der Waals surface area contributed by atoms with Gasteiger partial charge in [-0.05, 0) is 39.5 Å². The average molecular weight is 368 g/mol. The molecule has 1 spiro atoms. The molecule has 0 bridgehead atoms. The molecule has 25 heavy (non-hydrogen) atoms. The molecule has 1 heterocycles. The monoisotopic (exact) mass is 367 g/mol. The van der Waals surface area contributed by atoms with Gasteiger partial charge in [-0.2, -0.15) is 0 Å². The van der Waals surface area contributed by atoms with Crippen LogP contribution in [0.4, 0.5) is 0 Å². The molecule has 0 radical (unpaired) electrons. The molecule has 1 atom stereocenters. The lowest BCUT2D eigenvalue weighted by atomic mass is 9.89. The second kappa shape index (κ2) is 7.47. The van der Waals surface area contributed by atoms with E-state index in [1.54, 1.807) is 0 Å². The smallest absolute Gasteiger partial charge is 0.244 e. The standard InChI is InChI=1S/C19H33N3O2S/c1-18(2)16(17(24)21-14-9-5-3-6-10-14)22(15(23)13-20)19(25-18)11-7-4-8-12-19/h14,16H,3-13,20H2,1-2H3,(H,21,24)/t16-/m1/s1. The lowest BCUT2D eigenvalue weighted by Crippen LogP contribution is -2.60. The second-order valence-electron chi connectivity index (χ2n) is 8.43. The Kier molecular flexibility index (Phi) is 5.69. The van der Waals surface area contributed by atoms with E-state index < -0.39 is 6.04 Å². The van der Waals surface area contributed by atoms with Gasteiger partial charge in [0.1, 0.15) is 6.04 Å². The van der Waals surface area contributed by atoms with Crippen LogP contribution in [0.2, 0.25) is 0 Å². The summed E-state index contributed by atoms with van der Waals surface area (Å²) in [7, 11) is 0. The zero-order valence-electron chi connectivity index (χ0n) is 15.7. The van der Waals surface area contributed by atoms with E-state index in [1.165, 1.54) is 25.7 Å². The number of amides is 2. The maximum Gasteiger partial charge on any atom is 0.244 e. The minimum absolute atomic E-state index is 0.0219. The second-order valence-corrected chi connectivity index (χ2v) is 10.4. The van der Waals surface area contributed by atoms with E-state index in [9.17, 15) is 9.59 Å². The number of hydrogen-bond donors (Lipinski definition) is 2. The molecule has 1 saturated heterocycles. The predicted octanol–water partition coefficient (Wildman–Crippen LogP) is 2.78. The van der Waals surface area contributed by atoms with Gasteiger partial charge in [-0.25, -0.2) is 0 Å². The van der Waals surface area contributed by atoms with E-state index >= 15 is 0 Å². The van der Waals surface area contributed by atoms with Gasteiger partial charge < -0.3 is 16.0 Å². The number of nitrogens with zero attached hydrogens (tertiary/aromatic N) is 1. The van der Waals surface area contributed by atoms with E-state index in [0.717, 1.165) is 38.5 Å². The van der Waals surface area contributed by atoms with Crippen LogP contribution in [0.1, 0.15) is 78.1 Å². The first-order valence-electron chi connectivity index (χ1n) is 9.92. The summed E-state index contributed by atoms with van der Waals surface area (Å²) < 4.78 is -0.291. The maximum absolute atomic E-state index is 13.2. The summed E-state index contributed by atoms with van der Waals surface area (Å²) in [5, 5.41) is 3.26. The third-order valence-corrected chi connectivity index (χ3v) is 7.82. The van der Waals surface area contributed by atoms with E-state index in [0.29, 0.717) is 0 Å². The SMILES string of the molecule is CC1(C)SC2(CCCCC2)N(C(=O)CN)[C@@H]1C(=O)NC1CCCCC1. The highest BCUT2D eigenvalue weighted by Crippen LogP contribution is 2.57. The van der Waals surface area contributed by atoms with Crippen LogP contribution in [0.15, 0.2) is 0 Å². The summed E-state index contributed by atoms with van der Waals surface area (Å²) in [5.74, 6) is -0.0579. The molecule has 0 aromatic rings. The highest BCUT2D eigenvalue weighted by Gasteiger charge is 2.60. The molecule has 3 rings (SSSR count). The molecular weight excluding hydrogens is 334 g/mol. The first-order valence-corrected chi connectivity index (χ1v) is 10.7. The Bertz CT molecular complexity index is 511. The van der Waals surface area contributed by atoms with E-state index in [4.69, 9.17) is 5.73 Å². The Hall–Kier alpha value is -0.750. The summed E-state index contributed by atoms with van der Waals surface area (Å²) >= 11 is 1.83. The Morgan fingerprint density at radius 2 is 1.68 bits per heavy atom. The van der Waals surface area contributed by atoms with E-state index in [2.05, 4.69) is 19.2 Å². The van der Waals surface area contributed by atoms with Crippen molar-refractivity contribution in [1.82, 2.24) is 10.2 Å². The van der Waals surface area contributed by atoms with Gasteiger partial charge in [-0.1, -0.05) is 38.5 Å². The van der Waals surface area contributed by atoms with Crippen molar-refractivity contribution in [2.24, 2.45) is 5.73 Å². The molecular formula is C19H33N3O2S. The average Bonchev–Trinajstić information content (AvgIpc) is 2.82. The van der Waals surface area contributed by atoms with Crippen LogP contribution in [0.3, 0.4) is 0 Å². The topological polar surface area (TPSA) is 75.4 Å². The molecule has 2 saturated carbocycles. The van der Waals surface area contributed by atoms with Crippen molar-refractivity contribution in [3.05, 3.63) is 0 Å². The van der Waals surface area contributed by atoms with Gasteiger partial charge in [0, 0.05) is 10.8 Å². The van der Waals surface area contributed by atoms with E-state index in [1.807, 2.05) is 16.7 Å². The molecule has 0 aromatic heterocycles. The molecule has 3 N–H and O–H groups in total. The van der Waals surface area contributed by atoms with Crippen molar-refractivity contribution in [2.75, 3.05) is 6.54 Å². The summed E-state index contributed by atoms with van der Waals surface area (Å²) in [6.07, 6.45) is 11.1. The quantitative estimate of drug-likeness (QED) is 0.804. The number of nitrogens with one attached hydrogen (secondary N) is 1. The molecule has 3 fully saturated rings. The number of thioether (sulfide) groups is 1. The van der Waals surface area contributed by atoms with Crippen molar-refractivity contribution >= 4 is 23.6 Å². The number of carbonyl (C=O) groups is 2. The molecule has 3 aliphatic rings. The fourth-order valence-electron chi connectivity index (χ4n) is 5.02. The number of hydrogen-bond acceptors (Lipinski definition) is 4. The molecule has 0 aromatic carbocycles. The van der Waals surface area contributed by atoms with Gasteiger partial charge in [0.25, 0.3) is 0 Å². The fraction of sp³-hybridized carbons (Fsp3) is 0.895. The van der Waals surface area contributed by atoms with Crippen molar-refractivity contribution in [1.29, 1.82) is 0 Å². The molecule has 1 aliphatic heterocycles. The zero-order chi connectivity index (χ0) is 18.1. The van der Waals surface area contributed by atoms with Gasteiger partial charge in [0.05, 0.1) is 11.4 Å². The summed E-state index contributed by atoms with van der Waals surface area (Å²) in [5.41, 5.74) is 5.74. The Morgan fingerprint density at radius 1 is 1.08 bits per heavy atom. The van der Waals surface area contributed by atoms with Crippen LogP contribution in [-0.4, -0.2) is 45.0 Å². The Labute approximate surface area is 155 Å². The minimum atomic E-state index is -0.423. The van der Waals surface area contributed by atoms with Gasteiger partial charge in [-0.15, -0.1) is 11.8 Å². The lowest BCUT2D eigenvalue weighted by Gasteiger charge is -2.42. The Morgan fingerprint density at radius 3 is 2.28 bits per heavy atom. The first kappa shape index (κ1) is 19.0. The summed E-state index contributed by atoms with van der Waals surface area (Å²) in [6.45, 7) is 4.21. The van der Waals surface area contributed by atoms with Crippen molar-refractivity contribution < 1.29 is 9.59 Å². The molecule has 5 nitrogen and oxygen atoms in total. The highest BCUT2D eigenvalue weighted by atomic mass is 32.2. The molecule has 0 unspecified atom stereocenters. The van der Waals surface area contributed by atoms with Crippen LogP contribution in [0.5, 0.6) is 0 Å². The van der Waals surface area contributed by atoms with Crippen LogP contribution in [-0.2, 0) is 9.59 Å². The number of carbonyl (C=O) groups excluding carboxylic acids is 2. The molecule has 6 heteroatoms. The molecule has 2 amide bonds. The number of rotatable bonds is 3. The summed E-state index contributed by atoms with van der Waals surface area (Å²) in [4.78, 5) is 27.7. The normalized spacial score (nSPS) is 28.9. The van der Waals surface area contributed by atoms with Crippen molar-refractivity contribution in [3.8, 4) is 0 Å². The highest BCUT2D eigenvalue weighted by molar-refractivity contribution is 8.02. The van der Waals surface area contributed by atoms with Gasteiger partial charge in [0.15, 0.2) is 0 Å². The van der Waals surface area contributed by atoms with Crippen LogP contribution in [0, 0.1) is 0 Å². The third-order valence-electron chi connectivity index (χ3n) is 6.09. The summed E-state index contributed by atoms with van der Waals surface area (Å²) in [6, 6.07) is -0.159.